The van der Waals surface area contributed by atoms with Gasteiger partial charge in [0.2, 0.25) is 5.95 Å². The highest BCUT2D eigenvalue weighted by Gasteiger charge is 2.44. The summed E-state index contributed by atoms with van der Waals surface area (Å²) in [7, 11) is 0. The van der Waals surface area contributed by atoms with Gasteiger partial charge in [0.05, 0.1) is 11.0 Å². The zero-order chi connectivity index (χ0) is 28.6. The molecule has 1 aliphatic carbocycles. The van der Waals surface area contributed by atoms with Crippen LogP contribution in [0.25, 0.3) is 22.6 Å². The average Bonchev–Trinajstić information content (AvgIpc) is 3.43. The number of hydrogen-bond acceptors (Lipinski definition) is 10. The van der Waals surface area contributed by atoms with Gasteiger partial charge in [-0.05, 0) is 56.9 Å². The molecule has 212 valence electrons. The van der Waals surface area contributed by atoms with Gasteiger partial charge in [-0.3, -0.25) is 0 Å². The maximum absolute atomic E-state index is 12.4. The fraction of sp³-hybridized carbons (Fsp3) is 0.400. The molecular weight excluding hydrogens is 520 g/mol. The van der Waals surface area contributed by atoms with Crippen molar-refractivity contribution in [3.63, 3.8) is 0 Å². The van der Waals surface area contributed by atoms with Crippen molar-refractivity contribution in [1.82, 2.24) is 30.0 Å². The third kappa shape index (κ3) is 5.44. The molecule has 11 nitrogen and oxygen atoms in total. The van der Waals surface area contributed by atoms with Crippen molar-refractivity contribution in [1.29, 1.82) is 0 Å². The lowest BCUT2D eigenvalue weighted by Crippen LogP contribution is -2.50. The van der Waals surface area contributed by atoms with Crippen LogP contribution in [0.5, 0.6) is 0 Å². The molecule has 4 aromatic rings. The van der Waals surface area contributed by atoms with E-state index < -0.39 is 5.60 Å². The number of rotatable bonds is 5. The van der Waals surface area contributed by atoms with Gasteiger partial charge in [-0.15, -0.1) is 0 Å². The van der Waals surface area contributed by atoms with E-state index in [0.717, 1.165) is 47.3 Å². The largest absolute Gasteiger partial charge is 0.444 e. The molecule has 2 N–H and O–H groups in total. The van der Waals surface area contributed by atoms with Crippen LogP contribution in [0.4, 0.5) is 16.6 Å². The molecule has 1 aromatic carbocycles. The number of nitrogens with zero attached hydrogens (tertiary/aromatic N) is 7. The van der Waals surface area contributed by atoms with Gasteiger partial charge in [0.1, 0.15) is 11.4 Å². The van der Waals surface area contributed by atoms with Gasteiger partial charge in [0, 0.05) is 50.3 Å². The van der Waals surface area contributed by atoms with E-state index in [1.54, 1.807) is 23.5 Å². The number of benzene rings is 1. The van der Waals surface area contributed by atoms with E-state index in [2.05, 4.69) is 49.3 Å². The highest BCUT2D eigenvalue weighted by molar-refractivity contribution is 5.68. The molecule has 0 unspecified atom stereocenters. The molecule has 0 radical (unpaired) electrons. The van der Waals surface area contributed by atoms with Gasteiger partial charge in [0.15, 0.2) is 5.82 Å². The van der Waals surface area contributed by atoms with Crippen molar-refractivity contribution in [3.8, 4) is 22.6 Å². The van der Waals surface area contributed by atoms with E-state index in [-0.39, 0.29) is 17.5 Å². The molecule has 0 bridgehead atoms. The molecule has 2 fully saturated rings. The average molecular weight is 555 g/mol. The lowest BCUT2D eigenvalue weighted by atomic mass is 9.64. The summed E-state index contributed by atoms with van der Waals surface area (Å²) in [5.41, 5.74) is 8.73. The molecule has 3 aromatic heterocycles. The minimum atomic E-state index is -0.503. The van der Waals surface area contributed by atoms with Crippen LogP contribution < -0.4 is 10.6 Å². The summed E-state index contributed by atoms with van der Waals surface area (Å²) < 4.78 is 11.2. The highest BCUT2D eigenvalue weighted by Crippen LogP contribution is 2.48. The first kappa shape index (κ1) is 26.7. The maximum Gasteiger partial charge on any atom is 0.410 e. The molecule has 2 aliphatic rings. The van der Waals surface area contributed by atoms with Crippen LogP contribution in [0.3, 0.4) is 0 Å². The second kappa shape index (κ2) is 10.5. The smallest absolute Gasteiger partial charge is 0.410 e. The Kier molecular flexibility index (Phi) is 6.80. The Bertz CT molecular complexity index is 1500. The normalized spacial score (nSPS) is 16.8. The number of amides is 1. The van der Waals surface area contributed by atoms with Gasteiger partial charge in [0.25, 0.3) is 5.89 Å². The van der Waals surface area contributed by atoms with Crippen LogP contribution in [0.1, 0.15) is 51.4 Å². The predicted octanol–water partition coefficient (Wildman–Crippen LogP) is 4.70. The van der Waals surface area contributed by atoms with E-state index in [1.165, 1.54) is 0 Å². The maximum atomic E-state index is 12.4. The quantitative estimate of drug-likeness (QED) is 0.370. The molecule has 6 rings (SSSR count). The predicted molar refractivity (Wildman–Crippen MR) is 154 cm³/mol. The van der Waals surface area contributed by atoms with Gasteiger partial charge in [-0.2, -0.15) is 4.98 Å². The van der Waals surface area contributed by atoms with Gasteiger partial charge >= 0.3 is 6.09 Å². The van der Waals surface area contributed by atoms with Crippen molar-refractivity contribution in [2.75, 3.05) is 36.8 Å². The number of carbonyl (C=O) groups is 1. The van der Waals surface area contributed by atoms with E-state index in [0.29, 0.717) is 37.9 Å². The molecule has 1 aliphatic heterocycles. The minimum absolute atomic E-state index is 0.259. The van der Waals surface area contributed by atoms with Crippen LogP contribution >= 0.6 is 0 Å². The second-order valence-corrected chi connectivity index (χ2v) is 11.6. The molecule has 0 atom stereocenters. The number of aromatic nitrogens is 5. The summed E-state index contributed by atoms with van der Waals surface area (Å²) in [6, 6.07) is 12.3. The number of pyridine rings is 1. The molecular formula is C30H34N8O3. The zero-order valence-electron chi connectivity index (χ0n) is 23.6. The van der Waals surface area contributed by atoms with Gasteiger partial charge in [-0.1, -0.05) is 35.8 Å². The standard InChI is InChI=1S/C30H34N8O3/c1-29(2,3)40-28(39)38-15-13-37(14-16-38)24-10-7-21(17-32-24)25-35-26(36-41-25)30(11-4-12-30)23-8-5-20(6-9-23)22-18-33-27(31)34-19-22/h5-10,17-19H,4,11-16H2,1-3H3,(H2,31,33,34). The van der Waals surface area contributed by atoms with Crippen LogP contribution in [0.2, 0.25) is 0 Å². The summed E-state index contributed by atoms with van der Waals surface area (Å²) in [5.74, 6) is 2.26. The fourth-order valence-electron chi connectivity index (χ4n) is 5.32. The van der Waals surface area contributed by atoms with Crippen molar-refractivity contribution >= 4 is 17.9 Å². The number of piperazine rings is 1. The molecule has 41 heavy (non-hydrogen) atoms. The molecule has 1 amide bonds. The van der Waals surface area contributed by atoms with Crippen molar-refractivity contribution < 1.29 is 14.1 Å². The Labute approximate surface area is 238 Å². The summed E-state index contributed by atoms with van der Waals surface area (Å²) in [6.07, 6.45) is 7.98. The summed E-state index contributed by atoms with van der Waals surface area (Å²) in [6.45, 7) is 8.17. The van der Waals surface area contributed by atoms with E-state index in [1.807, 2.05) is 32.9 Å². The Morgan fingerprint density at radius 1 is 0.902 bits per heavy atom. The first-order valence-electron chi connectivity index (χ1n) is 13.9. The second-order valence-electron chi connectivity index (χ2n) is 11.6. The fourth-order valence-corrected chi connectivity index (χ4v) is 5.32. The van der Waals surface area contributed by atoms with Crippen LogP contribution in [0.15, 0.2) is 59.5 Å². The molecule has 4 heterocycles. The monoisotopic (exact) mass is 554 g/mol. The Balaban J connectivity index is 1.13. The molecule has 1 saturated carbocycles. The first-order chi connectivity index (χ1) is 19.7. The van der Waals surface area contributed by atoms with Crippen molar-refractivity contribution in [2.24, 2.45) is 0 Å². The van der Waals surface area contributed by atoms with Crippen LogP contribution in [0, 0.1) is 0 Å². The number of anilines is 2. The van der Waals surface area contributed by atoms with Gasteiger partial charge < -0.3 is 24.8 Å². The Morgan fingerprint density at radius 2 is 1.56 bits per heavy atom. The van der Waals surface area contributed by atoms with Crippen LogP contribution in [-0.4, -0.2) is 67.9 Å². The zero-order valence-corrected chi connectivity index (χ0v) is 23.6. The third-order valence-electron chi connectivity index (χ3n) is 7.75. The number of hydrogen-bond donors (Lipinski definition) is 1. The van der Waals surface area contributed by atoms with E-state index >= 15 is 0 Å². The SMILES string of the molecule is CC(C)(C)OC(=O)N1CCN(c2ccc(-c3nc(C4(c5ccc(-c6cnc(N)nc6)cc5)CCC4)no3)cn2)CC1. The van der Waals surface area contributed by atoms with Crippen molar-refractivity contribution in [3.05, 3.63) is 66.4 Å². The number of nitrogen functional groups attached to an aromatic ring is 1. The molecule has 11 heteroatoms. The Morgan fingerprint density at radius 3 is 2.15 bits per heavy atom. The van der Waals surface area contributed by atoms with Crippen LogP contribution in [-0.2, 0) is 10.2 Å². The summed E-state index contributed by atoms with van der Waals surface area (Å²) in [5, 5.41) is 4.41. The summed E-state index contributed by atoms with van der Waals surface area (Å²) >= 11 is 0. The third-order valence-corrected chi connectivity index (χ3v) is 7.75. The van der Waals surface area contributed by atoms with E-state index in [4.69, 9.17) is 20.0 Å². The van der Waals surface area contributed by atoms with Crippen molar-refractivity contribution in [2.45, 2.75) is 51.0 Å². The van der Waals surface area contributed by atoms with E-state index in [9.17, 15) is 4.79 Å². The number of carbonyl (C=O) groups excluding carboxylic acids is 1. The molecule has 0 spiro atoms. The lowest BCUT2D eigenvalue weighted by molar-refractivity contribution is 0.0240. The Hall–Kier alpha value is -4.54. The van der Waals surface area contributed by atoms with Gasteiger partial charge in [-0.25, -0.2) is 19.7 Å². The number of nitrogens with two attached hydrogens (primary N) is 1. The molecule has 1 saturated heterocycles. The first-order valence-corrected chi connectivity index (χ1v) is 13.9. The topological polar surface area (TPSA) is 136 Å². The summed E-state index contributed by atoms with van der Waals surface area (Å²) in [4.78, 5) is 33.9. The lowest BCUT2D eigenvalue weighted by Gasteiger charge is -2.39. The number of ether oxygens (including phenoxy) is 1. The minimum Gasteiger partial charge on any atom is -0.444 e. The highest BCUT2D eigenvalue weighted by atomic mass is 16.6.